The summed E-state index contributed by atoms with van der Waals surface area (Å²) >= 11 is 0. The van der Waals surface area contributed by atoms with Crippen molar-refractivity contribution in [3.8, 4) is 23.0 Å². The molecule has 2 aliphatic heterocycles. The number of carbonyl (C=O) groups excluding carboxylic acids is 2. The van der Waals surface area contributed by atoms with Gasteiger partial charge in [-0.2, -0.15) is 13.2 Å². The molecule has 0 N–H and O–H groups in total. The molecule has 41 heavy (non-hydrogen) atoms. The van der Waals surface area contributed by atoms with Gasteiger partial charge in [-0.1, -0.05) is 0 Å². The molecule has 0 aromatic heterocycles. The van der Waals surface area contributed by atoms with E-state index in [1.807, 2.05) is 9.80 Å². The van der Waals surface area contributed by atoms with Crippen molar-refractivity contribution in [2.45, 2.75) is 25.4 Å². The smallest absolute Gasteiger partial charge is 0.416 e. The fourth-order valence-corrected chi connectivity index (χ4v) is 5.55. The van der Waals surface area contributed by atoms with E-state index in [1.54, 1.807) is 49.6 Å². The molecule has 0 unspecified atom stereocenters. The lowest BCUT2D eigenvalue weighted by atomic mass is 9.77. The molecule has 5 rings (SSSR count). The summed E-state index contributed by atoms with van der Waals surface area (Å²) < 4.78 is 54.6. The van der Waals surface area contributed by atoms with Gasteiger partial charge in [0, 0.05) is 37.3 Å². The fourth-order valence-electron chi connectivity index (χ4n) is 5.55. The van der Waals surface area contributed by atoms with Crippen molar-refractivity contribution in [2.75, 3.05) is 40.4 Å². The highest BCUT2D eigenvalue weighted by molar-refractivity contribution is 5.95. The van der Waals surface area contributed by atoms with E-state index in [2.05, 4.69) is 0 Å². The normalized spacial score (nSPS) is 16.5. The van der Waals surface area contributed by atoms with Crippen molar-refractivity contribution < 1.29 is 37.0 Å². The van der Waals surface area contributed by atoms with Crippen LogP contribution in [0.5, 0.6) is 23.0 Å². The van der Waals surface area contributed by atoms with Crippen LogP contribution < -0.4 is 14.2 Å². The number of methoxy groups -OCH3 is 2. The number of likely N-dealkylation sites (tertiary alicyclic amines) is 2. The van der Waals surface area contributed by atoms with Gasteiger partial charge >= 0.3 is 6.18 Å². The van der Waals surface area contributed by atoms with Gasteiger partial charge in [-0.15, -0.1) is 0 Å². The average molecular weight is 569 g/mol. The number of hydrogen-bond acceptors (Lipinski definition) is 5. The first kappa shape index (κ1) is 28.3. The van der Waals surface area contributed by atoms with Gasteiger partial charge in [0.15, 0.2) is 11.5 Å². The number of nitrogens with zero attached hydrogens (tertiary/aromatic N) is 2. The average Bonchev–Trinajstić information content (AvgIpc) is 3.40. The van der Waals surface area contributed by atoms with Crippen LogP contribution in [0.1, 0.15) is 45.5 Å². The summed E-state index contributed by atoms with van der Waals surface area (Å²) in [5.74, 6) is 1.65. The van der Waals surface area contributed by atoms with Crippen LogP contribution in [-0.4, -0.2) is 62.0 Å². The number of alkyl halides is 3. The first-order valence-corrected chi connectivity index (χ1v) is 13.4. The minimum Gasteiger partial charge on any atom is -0.493 e. The molecule has 0 atom stereocenters. The molecule has 1 spiro atoms. The van der Waals surface area contributed by atoms with Crippen LogP contribution >= 0.6 is 0 Å². The predicted molar refractivity (Wildman–Crippen MR) is 146 cm³/mol. The molecular formula is C31H31F3N2O5. The number of rotatable bonds is 6. The number of piperidine rings is 1. The van der Waals surface area contributed by atoms with E-state index in [9.17, 15) is 22.8 Å². The molecule has 2 aliphatic rings. The summed E-state index contributed by atoms with van der Waals surface area (Å²) in [4.78, 5) is 30.1. The van der Waals surface area contributed by atoms with Crippen LogP contribution in [0.3, 0.4) is 0 Å². The number of hydrogen-bond donors (Lipinski definition) is 0. The number of amides is 2. The Kier molecular flexibility index (Phi) is 7.84. The van der Waals surface area contributed by atoms with E-state index in [0.29, 0.717) is 54.6 Å². The van der Waals surface area contributed by atoms with E-state index in [4.69, 9.17) is 14.2 Å². The minimum absolute atomic E-state index is 0.0182. The lowest BCUT2D eigenvalue weighted by Gasteiger charge is -2.39. The molecule has 2 amide bonds. The van der Waals surface area contributed by atoms with Crippen molar-refractivity contribution in [1.29, 1.82) is 0 Å². The van der Waals surface area contributed by atoms with E-state index < -0.39 is 11.7 Å². The molecular weight excluding hydrogens is 537 g/mol. The third-order valence-electron chi connectivity index (χ3n) is 7.99. The summed E-state index contributed by atoms with van der Waals surface area (Å²) in [6.45, 7) is 2.51. The molecule has 0 aliphatic carbocycles. The van der Waals surface area contributed by atoms with Crippen LogP contribution in [0.2, 0.25) is 0 Å². The molecule has 3 aromatic rings. The molecule has 2 heterocycles. The van der Waals surface area contributed by atoms with Crippen molar-refractivity contribution in [1.82, 2.24) is 9.80 Å². The van der Waals surface area contributed by atoms with Gasteiger partial charge in [0.25, 0.3) is 11.8 Å². The summed E-state index contributed by atoms with van der Waals surface area (Å²) in [5.41, 5.74) is 0.301. The summed E-state index contributed by atoms with van der Waals surface area (Å²) in [7, 11) is 3.09. The molecule has 2 saturated heterocycles. The Hall–Kier alpha value is -4.21. The van der Waals surface area contributed by atoms with E-state index in [0.717, 1.165) is 31.4 Å². The second-order valence-corrected chi connectivity index (χ2v) is 10.5. The maximum absolute atomic E-state index is 13.2. The number of halogens is 3. The van der Waals surface area contributed by atoms with Crippen LogP contribution in [-0.2, 0) is 6.18 Å². The standard InChI is InChI=1S/C31H31F3N2O5/c1-39-26-12-5-22(19-27(26)40-2)29(38)35-16-13-30(14-17-35)15-18-36(20-30)28(37)21-3-8-24(9-4-21)41-25-10-6-23(7-11-25)31(32,33)34/h3-12,19H,13-18,20H2,1-2H3. The first-order chi connectivity index (χ1) is 19.6. The Morgan fingerprint density at radius 1 is 0.707 bits per heavy atom. The molecule has 0 radical (unpaired) electrons. The molecule has 3 aromatic carbocycles. The number of benzene rings is 3. The highest BCUT2D eigenvalue weighted by Gasteiger charge is 2.43. The third kappa shape index (κ3) is 6.11. The highest BCUT2D eigenvalue weighted by Crippen LogP contribution is 2.41. The summed E-state index contributed by atoms with van der Waals surface area (Å²) in [6, 6.07) is 16.2. The Bertz CT molecular complexity index is 1400. The summed E-state index contributed by atoms with van der Waals surface area (Å²) in [6.07, 6.45) is -1.90. The van der Waals surface area contributed by atoms with Crippen molar-refractivity contribution in [2.24, 2.45) is 5.41 Å². The zero-order chi connectivity index (χ0) is 29.2. The Labute approximate surface area is 236 Å². The van der Waals surface area contributed by atoms with Crippen LogP contribution in [0.15, 0.2) is 66.7 Å². The SMILES string of the molecule is COc1ccc(C(=O)N2CCC3(CC2)CCN(C(=O)c2ccc(Oc4ccc(C(F)(F)F)cc4)cc2)C3)cc1OC. The van der Waals surface area contributed by atoms with Gasteiger partial charge < -0.3 is 24.0 Å². The first-order valence-electron chi connectivity index (χ1n) is 13.4. The number of ether oxygens (including phenoxy) is 3. The minimum atomic E-state index is -4.41. The summed E-state index contributed by atoms with van der Waals surface area (Å²) in [5, 5.41) is 0. The fraction of sp³-hybridized carbons (Fsp3) is 0.355. The van der Waals surface area contributed by atoms with Crippen LogP contribution in [0.4, 0.5) is 13.2 Å². The quantitative estimate of drug-likeness (QED) is 0.350. The molecule has 7 nitrogen and oxygen atoms in total. The topological polar surface area (TPSA) is 68.3 Å². The number of carbonyl (C=O) groups is 2. The van der Waals surface area contributed by atoms with Crippen molar-refractivity contribution in [3.63, 3.8) is 0 Å². The Balaban J connectivity index is 1.15. The third-order valence-corrected chi connectivity index (χ3v) is 7.99. The van der Waals surface area contributed by atoms with Gasteiger partial charge in [0.1, 0.15) is 11.5 Å². The predicted octanol–water partition coefficient (Wildman–Crippen LogP) is 6.28. The highest BCUT2D eigenvalue weighted by atomic mass is 19.4. The van der Waals surface area contributed by atoms with Gasteiger partial charge in [0.05, 0.1) is 19.8 Å². The lowest BCUT2D eigenvalue weighted by Crippen LogP contribution is -2.44. The molecule has 10 heteroatoms. The van der Waals surface area contributed by atoms with Crippen molar-refractivity contribution in [3.05, 3.63) is 83.4 Å². The van der Waals surface area contributed by atoms with Crippen molar-refractivity contribution >= 4 is 11.8 Å². The maximum atomic E-state index is 13.2. The molecule has 216 valence electrons. The zero-order valence-corrected chi connectivity index (χ0v) is 22.9. The monoisotopic (exact) mass is 568 g/mol. The van der Waals surface area contributed by atoms with Gasteiger partial charge in [0.2, 0.25) is 0 Å². The van der Waals surface area contributed by atoms with Crippen LogP contribution in [0.25, 0.3) is 0 Å². The van der Waals surface area contributed by atoms with Gasteiger partial charge in [-0.05, 0) is 91.4 Å². The van der Waals surface area contributed by atoms with E-state index >= 15 is 0 Å². The second kappa shape index (κ2) is 11.3. The molecule has 0 saturated carbocycles. The molecule has 0 bridgehead atoms. The van der Waals surface area contributed by atoms with Gasteiger partial charge in [-0.3, -0.25) is 9.59 Å². The zero-order valence-electron chi connectivity index (χ0n) is 22.9. The Morgan fingerprint density at radius 3 is 1.78 bits per heavy atom. The molecule has 2 fully saturated rings. The lowest BCUT2D eigenvalue weighted by molar-refractivity contribution is -0.137. The van der Waals surface area contributed by atoms with Crippen LogP contribution in [0, 0.1) is 5.41 Å². The maximum Gasteiger partial charge on any atom is 0.416 e. The van der Waals surface area contributed by atoms with E-state index in [-0.39, 0.29) is 23.0 Å². The van der Waals surface area contributed by atoms with Gasteiger partial charge in [-0.25, -0.2) is 0 Å². The van der Waals surface area contributed by atoms with E-state index in [1.165, 1.54) is 19.2 Å². The second-order valence-electron chi connectivity index (χ2n) is 10.5. The Morgan fingerprint density at radius 2 is 1.22 bits per heavy atom. The largest absolute Gasteiger partial charge is 0.493 e.